The molecule has 1 fully saturated rings. The van der Waals surface area contributed by atoms with Gasteiger partial charge in [-0.15, -0.1) is 0 Å². The van der Waals surface area contributed by atoms with Crippen LogP contribution in [0.1, 0.15) is 11.4 Å². The highest BCUT2D eigenvalue weighted by Crippen LogP contribution is 2.19. The molecule has 1 aliphatic heterocycles. The molecule has 0 spiro atoms. The molecule has 0 atom stereocenters. The van der Waals surface area contributed by atoms with Crippen molar-refractivity contribution in [2.75, 3.05) is 38.2 Å². The molecule has 29 heavy (non-hydrogen) atoms. The maximum absolute atomic E-state index is 5.75. The first-order chi connectivity index (χ1) is 14.0. The van der Waals surface area contributed by atoms with Gasteiger partial charge in [0.2, 0.25) is 4.77 Å². The van der Waals surface area contributed by atoms with Gasteiger partial charge in [-0.05, 0) is 62.5 Å². The summed E-state index contributed by atoms with van der Waals surface area (Å²) in [5, 5.41) is 4.73. The Morgan fingerprint density at radius 1 is 0.966 bits per heavy atom. The number of benzene rings is 2. The van der Waals surface area contributed by atoms with Gasteiger partial charge < -0.3 is 14.5 Å². The van der Waals surface area contributed by atoms with Crippen LogP contribution in [-0.2, 0) is 6.67 Å². The molecule has 1 N–H and O–H groups in total. The number of anilines is 1. The van der Waals surface area contributed by atoms with Crippen LogP contribution in [0.5, 0.6) is 5.75 Å². The van der Waals surface area contributed by atoms with E-state index in [1.807, 2.05) is 23.7 Å². The van der Waals surface area contributed by atoms with Crippen molar-refractivity contribution in [2.24, 2.45) is 0 Å². The van der Waals surface area contributed by atoms with Crippen molar-refractivity contribution in [1.29, 1.82) is 0 Å². The average Bonchev–Trinajstić information content (AvgIpc) is 3.02. The molecule has 3 aromatic rings. The summed E-state index contributed by atoms with van der Waals surface area (Å²) in [4.78, 5) is 3.93. The van der Waals surface area contributed by atoms with Gasteiger partial charge in [0.15, 0.2) is 6.67 Å². The maximum atomic E-state index is 5.75. The zero-order valence-corrected chi connectivity index (χ0v) is 18.1. The van der Waals surface area contributed by atoms with Gasteiger partial charge in [0.25, 0.3) is 0 Å². The number of piperazine rings is 1. The zero-order valence-electron chi connectivity index (χ0n) is 17.3. The number of quaternary nitrogens is 1. The fourth-order valence-corrected chi connectivity index (χ4v) is 4.20. The van der Waals surface area contributed by atoms with E-state index in [1.165, 1.54) is 16.2 Å². The first-order valence-electron chi connectivity index (χ1n) is 10.0. The van der Waals surface area contributed by atoms with Gasteiger partial charge >= 0.3 is 0 Å². The monoisotopic (exact) mass is 410 g/mol. The summed E-state index contributed by atoms with van der Waals surface area (Å²) < 4.78 is 10.0. The third-order valence-corrected chi connectivity index (χ3v) is 5.97. The molecule has 0 radical (unpaired) electrons. The molecule has 0 bridgehead atoms. The van der Waals surface area contributed by atoms with E-state index >= 15 is 0 Å². The minimum atomic E-state index is 0.761. The van der Waals surface area contributed by atoms with Crippen LogP contribution in [-0.4, -0.2) is 47.6 Å². The van der Waals surface area contributed by atoms with Crippen molar-refractivity contribution in [3.05, 3.63) is 64.7 Å². The van der Waals surface area contributed by atoms with Crippen LogP contribution in [0.3, 0.4) is 0 Å². The van der Waals surface area contributed by atoms with Crippen LogP contribution in [0.4, 0.5) is 5.69 Å². The number of methoxy groups -OCH3 is 1. The van der Waals surface area contributed by atoms with Crippen LogP contribution in [0.15, 0.2) is 48.5 Å². The zero-order chi connectivity index (χ0) is 20.4. The van der Waals surface area contributed by atoms with Crippen molar-refractivity contribution >= 4 is 17.9 Å². The molecule has 4 rings (SSSR count). The predicted octanol–water partition coefficient (Wildman–Crippen LogP) is 2.39. The lowest BCUT2D eigenvalue weighted by Crippen LogP contribution is -3.14. The summed E-state index contributed by atoms with van der Waals surface area (Å²) in [6, 6.07) is 16.7. The maximum Gasteiger partial charge on any atom is 0.207 e. The van der Waals surface area contributed by atoms with Crippen LogP contribution in [0.25, 0.3) is 5.69 Å². The molecule has 1 aromatic heterocycles. The Hall–Kier alpha value is -2.64. The second-order valence-electron chi connectivity index (χ2n) is 7.59. The van der Waals surface area contributed by atoms with Gasteiger partial charge in [-0.2, -0.15) is 9.78 Å². The van der Waals surface area contributed by atoms with Gasteiger partial charge in [0.05, 0.1) is 33.3 Å². The number of aryl methyl sites for hydroxylation is 2. The molecule has 2 heterocycles. The fourth-order valence-electron chi connectivity index (χ4n) is 3.85. The third kappa shape index (κ3) is 4.21. The average molecular weight is 411 g/mol. The summed E-state index contributed by atoms with van der Waals surface area (Å²) >= 11 is 5.75. The highest BCUT2D eigenvalue weighted by atomic mass is 32.1. The Morgan fingerprint density at radius 3 is 2.21 bits per heavy atom. The smallest absolute Gasteiger partial charge is 0.207 e. The lowest BCUT2D eigenvalue weighted by molar-refractivity contribution is -0.924. The van der Waals surface area contributed by atoms with E-state index in [2.05, 4.69) is 52.8 Å². The van der Waals surface area contributed by atoms with E-state index in [-0.39, 0.29) is 0 Å². The largest absolute Gasteiger partial charge is 0.497 e. The van der Waals surface area contributed by atoms with E-state index in [0.29, 0.717) is 0 Å². The summed E-state index contributed by atoms with van der Waals surface area (Å²) in [5.74, 6) is 1.82. The van der Waals surface area contributed by atoms with Crippen molar-refractivity contribution < 1.29 is 9.64 Å². The molecular formula is C22H28N5OS+. The van der Waals surface area contributed by atoms with Crippen molar-refractivity contribution in [3.63, 3.8) is 0 Å². The molecule has 1 saturated heterocycles. The van der Waals surface area contributed by atoms with Gasteiger partial charge in [-0.3, -0.25) is 4.57 Å². The minimum Gasteiger partial charge on any atom is -0.497 e. The lowest BCUT2D eigenvalue weighted by atomic mass is 10.2. The highest BCUT2D eigenvalue weighted by molar-refractivity contribution is 7.71. The number of nitrogens with zero attached hydrogens (tertiary/aromatic N) is 4. The summed E-state index contributed by atoms with van der Waals surface area (Å²) in [7, 11) is 1.70. The van der Waals surface area contributed by atoms with Crippen molar-refractivity contribution in [1.82, 2.24) is 14.3 Å². The highest BCUT2D eigenvalue weighted by Gasteiger charge is 2.22. The number of ether oxygens (including phenoxy) is 1. The fraction of sp³-hybridized carbons (Fsp3) is 0.364. The van der Waals surface area contributed by atoms with Crippen LogP contribution in [0.2, 0.25) is 0 Å². The Balaban J connectivity index is 1.42. The van der Waals surface area contributed by atoms with E-state index < -0.39 is 0 Å². The van der Waals surface area contributed by atoms with E-state index in [1.54, 1.807) is 7.11 Å². The second kappa shape index (κ2) is 8.39. The molecule has 1 aliphatic rings. The van der Waals surface area contributed by atoms with Crippen LogP contribution < -0.4 is 14.5 Å². The Kier molecular flexibility index (Phi) is 5.69. The molecule has 152 valence electrons. The van der Waals surface area contributed by atoms with Crippen LogP contribution >= 0.6 is 12.2 Å². The van der Waals surface area contributed by atoms with E-state index in [4.69, 9.17) is 22.1 Å². The van der Waals surface area contributed by atoms with Gasteiger partial charge in [-0.25, -0.2) is 0 Å². The molecule has 6 nitrogen and oxygen atoms in total. The topological polar surface area (TPSA) is 39.7 Å². The first-order valence-corrected chi connectivity index (χ1v) is 10.4. The first kappa shape index (κ1) is 19.7. The molecule has 0 saturated carbocycles. The number of aromatic nitrogens is 3. The molecule has 0 amide bonds. The Morgan fingerprint density at radius 2 is 1.59 bits per heavy atom. The van der Waals surface area contributed by atoms with Crippen molar-refractivity contribution in [2.45, 2.75) is 20.5 Å². The summed E-state index contributed by atoms with van der Waals surface area (Å²) in [6.45, 7) is 9.07. The quantitative estimate of drug-likeness (QED) is 0.656. The standard InChI is InChI=1S/C22H27N5OS/c1-17-4-6-20(7-5-17)27-18(2)23-26(22(27)29)16-24-12-14-25(15-13-24)19-8-10-21(28-3)11-9-19/h4-11H,12-16H2,1-3H3/p+1. The Labute approximate surface area is 176 Å². The van der Waals surface area contributed by atoms with Gasteiger partial charge in [0.1, 0.15) is 11.6 Å². The second-order valence-corrected chi connectivity index (χ2v) is 7.96. The molecular weight excluding hydrogens is 382 g/mol. The van der Waals surface area contributed by atoms with Crippen LogP contribution in [0, 0.1) is 18.6 Å². The number of hydrogen-bond donors (Lipinski definition) is 1. The predicted molar refractivity (Wildman–Crippen MR) is 118 cm³/mol. The molecule has 7 heteroatoms. The SMILES string of the molecule is COc1ccc(N2CC[NH+](Cn3nc(C)n(-c4ccc(C)cc4)c3=S)CC2)cc1. The Bertz CT molecular complexity index is 1010. The lowest BCUT2D eigenvalue weighted by Gasteiger charge is -2.33. The number of hydrogen-bond acceptors (Lipinski definition) is 4. The van der Waals surface area contributed by atoms with E-state index in [0.717, 1.165) is 54.9 Å². The number of nitrogens with one attached hydrogen (secondary N) is 1. The van der Waals surface area contributed by atoms with Crippen molar-refractivity contribution in [3.8, 4) is 11.4 Å². The normalized spacial score (nSPS) is 14.9. The summed E-state index contributed by atoms with van der Waals surface area (Å²) in [5.41, 5.74) is 3.56. The summed E-state index contributed by atoms with van der Waals surface area (Å²) in [6.07, 6.45) is 0. The number of rotatable bonds is 5. The van der Waals surface area contributed by atoms with Gasteiger partial charge in [-0.1, -0.05) is 17.7 Å². The third-order valence-electron chi connectivity index (χ3n) is 5.57. The van der Waals surface area contributed by atoms with Gasteiger partial charge in [0, 0.05) is 11.4 Å². The van der Waals surface area contributed by atoms with E-state index in [9.17, 15) is 0 Å². The molecule has 0 unspecified atom stereocenters. The molecule has 0 aliphatic carbocycles. The minimum absolute atomic E-state index is 0.761. The molecule has 2 aromatic carbocycles.